The van der Waals surface area contributed by atoms with Gasteiger partial charge in [-0.25, -0.2) is 0 Å². The molecule has 0 saturated carbocycles. The predicted octanol–water partition coefficient (Wildman–Crippen LogP) is 5.17. The summed E-state index contributed by atoms with van der Waals surface area (Å²) in [5.41, 5.74) is 4.73. The first-order valence-corrected chi connectivity index (χ1v) is 14.2. The summed E-state index contributed by atoms with van der Waals surface area (Å²) in [5, 5.41) is 0. The molecule has 5 heterocycles. The largest absolute Gasteiger partial charge is 0.371 e. The number of fused-ring (bicyclic) bond motifs is 1. The van der Waals surface area contributed by atoms with E-state index in [9.17, 15) is 9.59 Å². The number of amides is 2. The standard InChI is InChI=1S/C30H34N4O2S/c1-22-2-5-27(37-22)29(36)34-15-8-23-3-4-24(20-25(23)21-34)28(35)33-18-11-30(12-19-33)9-16-32(17-10-30)26-6-13-31-14-7-26/h2-7,13-14,20H,8-12,15-19,21H2,1H3. The van der Waals surface area contributed by atoms with Gasteiger partial charge in [-0.2, -0.15) is 0 Å². The van der Waals surface area contributed by atoms with Crippen molar-refractivity contribution in [1.29, 1.82) is 0 Å². The lowest BCUT2D eigenvalue weighted by Gasteiger charge is -2.47. The molecule has 192 valence electrons. The maximum atomic E-state index is 13.5. The number of aromatic nitrogens is 1. The lowest BCUT2D eigenvalue weighted by atomic mass is 9.71. The van der Waals surface area contributed by atoms with Gasteiger partial charge in [0.25, 0.3) is 11.8 Å². The number of hydrogen-bond acceptors (Lipinski definition) is 5. The highest BCUT2D eigenvalue weighted by Crippen LogP contribution is 2.42. The molecular weight excluding hydrogens is 480 g/mol. The van der Waals surface area contributed by atoms with Crippen LogP contribution in [0.1, 0.15) is 61.7 Å². The van der Waals surface area contributed by atoms with Crippen molar-refractivity contribution in [2.75, 3.05) is 37.6 Å². The van der Waals surface area contributed by atoms with E-state index in [1.54, 1.807) is 11.3 Å². The summed E-state index contributed by atoms with van der Waals surface area (Å²) in [6.45, 7) is 7.12. The molecule has 6 nitrogen and oxygen atoms in total. The van der Waals surface area contributed by atoms with Crippen LogP contribution in [0.25, 0.3) is 0 Å². The minimum atomic E-state index is 0.0942. The number of carbonyl (C=O) groups is 2. The average molecular weight is 515 g/mol. The number of pyridine rings is 1. The number of hydrogen-bond donors (Lipinski definition) is 0. The van der Waals surface area contributed by atoms with Crippen LogP contribution >= 0.6 is 11.3 Å². The number of nitrogens with zero attached hydrogens (tertiary/aromatic N) is 4. The Kier molecular flexibility index (Phi) is 6.49. The van der Waals surface area contributed by atoms with Gasteiger partial charge in [-0.3, -0.25) is 14.6 Å². The lowest BCUT2D eigenvalue weighted by Crippen LogP contribution is -2.48. The second-order valence-electron chi connectivity index (χ2n) is 10.9. The fourth-order valence-corrected chi connectivity index (χ4v) is 7.07. The lowest BCUT2D eigenvalue weighted by molar-refractivity contribution is 0.0515. The highest BCUT2D eigenvalue weighted by atomic mass is 32.1. The molecular formula is C30H34N4O2S. The van der Waals surface area contributed by atoms with Gasteiger partial charge in [-0.15, -0.1) is 11.3 Å². The van der Waals surface area contributed by atoms with Crippen LogP contribution in [0.3, 0.4) is 0 Å². The fourth-order valence-electron chi connectivity index (χ4n) is 6.23. The van der Waals surface area contributed by atoms with Gasteiger partial charge in [-0.1, -0.05) is 6.07 Å². The van der Waals surface area contributed by atoms with E-state index in [-0.39, 0.29) is 11.8 Å². The third-order valence-corrected chi connectivity index (χ3v) is 9.66. The van der Waals surface area contributed by atoms with Gasteiger partial charge in [-0.05, 0) is 92.0 Å². The van der Waals surface area contributed by atoms with Crippen LogP contribution in [0.15, 0.2) is 54.9 Å². The van der Waals surface area contributed by atoms with E-state index in [1.165, 1.54) is 24.1 Å². The van der Waals surface area contributed by atoms with Crippen LogP contribution in [0.4, 0.5) is 5.69 Å². The van der Waals surface area contributed by atoms with Crippen LogP contribution in [0, 0.1) is 12.3 Å². The first kappa shape index (κ1) is 24.2. The van der Waals surface area contributed by atoms with E-state index in [0.29, 0.717) is 12.0 Å². The Morgan fingerprint density at radius 2 is 1.54 bits per heavy atom. The van der Waals surface area contributed by atoms with Crippen molar-refractivity contribution in [3.63, 3.8) is 0 Å². The van der Waals surface area contributed by atoms with Crippen LogP contribution in [0.2, 0.25) is 0 Å². The van der Waals surface area contributed by atoms with Gasteiger partial charge in [0.05, 0.1) is 4.88 Å². The van der Waals surface area contributed by atoms with Gasteiger partial charge in [0.15, 0.2) is 0 Å². The number of piperidine rings is 2. The first-order valence-electron chi connectivity index (χ1n) is 13.4. The van der Waals surface area contributed by atoms with Crippen molar-refractivity contribution in [1.82, 2.24) is 14.8 Å². The molecule has 2 aromatic heterocycles. The van der Waals surface area contributed by atoms with E-state index in [0.717, 1.165) is 72.9 Å². The number of likely N-dealkylation sites (tertiary alicyclic amines) is 1. The van der Waals surface area contributed by atoms with E-state index < -0.39 is 0 Å². The maximum Gasteiger partial charge on any atom is 0.264 e. The number of anilines is 1. The highest BCUT2D eigenvalue weighted by molar-refractivity contribution is 7.13. The molecule has 3 aliphatic rings. The Labute approximate surface area is 222 Å². The van der Waals surface area contributed by atoms with Gasteiger partial charge in [0.2, 0.25) is 0 Å². The third kappa shape index (κ3) is 4.89. The highest BCUT2D eigenvalue weighted by Gasteiger charge is 2.39. The van der Waals surface area contributed by atoms with Crippen molar-refractivity contribution >= 4 is 28.8 Å². The molecule has 3 aromatic rings. The zero-order valence-electron chi connectivity index (χ0n) is 21.5. The molecule has 2 saturated heterocycles. The molecule has 7 heteroatoms. The average Bonchev–Trinajstić information content (AvgIpc) is 3.39. The molecule has 3 aliphatic heterocycles. The van der Waals surface area contributed by atoms with Crippen molar-refractivity contribution < 1.29 is 9.59 Å². The molecule has 0 atom stereocenters. The molecule has 1 aromatic carbocycles. The fraction of sp³-hybridized carbons (Fsp3) is 0.433. The van der Waals surface area contributed by atoms with E-state index in [4.69, 9.17) is 0 Å². The smallest absolute Gasteiger partial charge is 0.264 e. The molecule has 2 fully saturated rings. The number of aryl methyl sites for hydroxylation is 1. The summed E-state index contributed by atoms with van der Waals surface area (Å²) < 4.78 is 0. The zero-order chi connectivity index (χ0) is 25.4. The summed E-state index contributed by atoms with van der Waals surface area (Å²) in [6, 6.07) is 14.2. The number of rotatable bonds is 3. The van der Waals surface area contributed by atoms with Gasteiger partial charge in [0, 0.05) is 67.8 Å². The summed E-state index contributed by atoms with van der Waals surface area (Å²) in [5.74, 6) is 0.223. The minimum absolute atomic E-state index is 0.0942. The SMILES string of the molecule is Cc1ccc(C(=O)N2CCc3ccc(C(=O)N4CCC5(CC4)CCN(c4ccncc4)CC5)cc3C2)s1. The van der Waals surface area contributed by atoms with Crippen LogP contribution in [0.5, 0.6) is 0 Å². The number of benzene rings is 1. The van der Waals surface area contributed by atoms with E-state index in [1.807, 2.05) is 53.4 Å². The number of thiophene rings is 1. The molecule has 0 N–H and O–H groups in total. The summed E-state index contributed by atoms with van der Waals surface area (Å²) in [4.78, 5) is 39.0. The van der Waals surface area contributed by atoms with Gasteiger partial charge < -0.3 is 14.7 Å². The Hall–Kier alpha value is -3.19. The second kappa shape index (κ2) is 9.93. The van der Waals surface area contributed by atoms with Crippen molar-refractivity contribution in [2.24, 2.45) is 5.41 Å². The molecule has 1 spiro atoms. The number of carbonyl (C=O) groups excluding carboxylic acids is 2. The van der Waals surface area contributed by atoms with Gasteiger partial charge in [0.1, 0.15) is 0 Å². The van der Waals surface area contributed by atoms with Crippen molar-refractivity contribution in [2.45, 2.75) is 45.6 Å². The van der Waals surface area contributed by atoms with Gasteiger partial charge >= 0.3 is 0 Å². The molecule has 2 amide bonds. The summed E-state index contributed by atoms with van der Waals surface area (Å²) >= 11 is 1.55. The summed E-state index contributed by atoms with van der Waals surface area (Å²) in [6.07, 6.45) is 9.10. The molecule has 6 rings (SSSR count). The molecule has 0 aliphatic carbocycles. The Balaban J connectivity index is 1.07. The van der Waals surface area contributed by atoms with E-state index >= 15 is 0 Å². The Morgan fingerprint density at radius 3 is 2.24 bits per heavy atom. The zero-order valence-corrected chi connectivity index (χ0v) is 22.3. The molecule has 0 radical (unpaired) electrons. The minimum Gasteiger partial charge on any atom is -0.371 e. The Bertz CT molecular complexity index is 1290. The summed E-state index contributed by atoms with van der Waals surface area (Å²) in [7, 11) is 0. The van der Waals surface area contributed by atoms with Crippen molar-refractivity contribution in [3.8, 4) is 0 Å². The third-order valence-electron chi connectivity index (χ3n) is 8.67. The predicted molar refractivity (Wildman–Crippen MR) is 147 cm³/mol. The molecule has 37 heavy (non-hydrogen) atoms. The van der Waals surface area contributed by atoms with Crippen LogP contribution in [-0.2, 0) is 13.0 Å². The second-order valence-corrected chi connectivity index (χ2v) is 12.1. The topological polar surface area (TPSA) is 56.8 Å². The first-order chi connectivity index (χ1) is 18.0. The van der Waals surface area contributed by atoms with Crippen LogP contribution < -0.4 is 4.90 Å². The monoisotopic (exact) mass is 514 g/mol. The van der Waals surface area contributed by atoms with E-state index in [2.05, 4.69) is 28.1 Å². The molecule has 0 bridgehead atoms. The van der Waals surface area contributed by atoms with Crippen molar-refractivity contribution in [3.05, 3.63) is 81.3 Å². The maximum absolute atomic E-state index is 13.5. The normalized spacial score (nSPS) is 19.1. The molecule has 0 unspecified atom stereocenters. The van der Waals surface area contributed by atoms with Crippen LogP contribution in [-0.4, -0.2) is 59.3 Å². The Morgan fingerprint density at radius 1 is 0.811 bits per heavy atom. The quantitative estimate of drug-likeness (QED) is 0.484.